The zero-order valence-electron chi connectivity index (χ0n) is 5.52. The van der Waals surface area contributed by atoms with Crippen molar-refractivity contribution in [2.45, 2.75) is 6.92 Å². The van der Waals surface area contributed by atoms with Crippen molar-refractivity contribution in [1.29, 1.82) is 0 Å². The van der Waals surface area contributed by atoms with Gasteiger partial charge in [0.15, 0.2) is 0 Å². The Morgan fingerprint density at radius 2 is 2.00 bits per heavy atom. The normalized spacial score (nSPS) is 8.22. The van der Waals surface area contributed by atoms with Crippen molar-refractivity contribution in [3.8, 4) is 0 Å². The van der Waals surface area contributed by atoms with E-state index in [1.807, 2.05) is 0 Å². The van der Waals surface area contributed by atoms with E-state index in [1.165, 1.54) is 14.0 Å². The molecule has 4 heteroatoms. The number of likely N-dealkylation sites (N-methyl/N-ethyl adjacent to an activating group) is 1. The van der Waals surface area contributed by atoms with Crippen molar-refractivity contribution in [2.24, 2.45) is 0 Å². The number of carbonyl (C=O) groups excluding carboxylic acids is 2. The van der Waals surface area contributed by atoms with Gasteiger partial charge in [-0.05, 0) is 0 Å². The Kier molecular flexibility index (Phi) is 3.43. The molecule has 2 N–H and O–H groups in total. The fraction of sp³-hybridized carbons (Fsp3) is 0.600. The van der Waals surface area contributed by atoms with Crippen LogP contribution in [0.4, 0.5) is 0 Å². The molecular formula is C5H10N2O2. The van der Waals surface area contributed by atoms with E-state index in [2.05, 4.69) is 10.6 Å². The Balaban J connectivity index is 3.28. The maximum Gasteiger partial charge on any atom is 0.239 e. The minimum Gasteiger partial charge on any atom is -0.358 e. The van der Waals surface area contributed by atoms with E-state index in [0.717, 1.165) is 0 Å². The minimum absolute atomic E-state index is 0.0613. The molecule has 2 amide bonds. The highest BCUT2D eigenvalue weighted by atomic mass is 16.2. The Bertz CT molecular complexity index is 122. The van der Waals surface area contributed by atoms with Crippen LogP contribution in [0, 0.1) is 0 Å². The average molecular weight is 130 g/mol. The van der Waals surface area contributed by atoms with E-state index < -0.39 is 0 Å². The van der Waals surface area contributed by atoms with Crippen LogP contribution in [0.3, 0.4) is 0 Å². The van der Waals surface area contributed by atoms with Crippen LogP contribution < -0.4 is 10.6 Å². The molecule has 0 saturated carbocycles. The quantitative estimate of drug-likeness (QED) is 0.497. The second-order valence-corrected chi connectivity index (χ2v) is 1.58. The Morgan fingerprint density at radius 1 is 1.44 bits per heavy atom. The van der Waals surface area contributed by atoms with E-state index in [1.54, 1.807) is 0 Å². The van der Waals surface area contributed by atoms with Crippen molar-refractivity contribution in [1.82, 2.24) is 10.6 Å². The lowest BCUT2D eigenvalue weighted by atomic mass is 10.5. The zero-order valence-corrected chi connectivity index (χ0v) is 5.52. The smallest absolute Gasteiger partial charge is 0.239 e. The standard InChI is InChI=1S/C5H10N2O2/c1-4(8)7-3-5(9)6-2/h3H2,1-2H3,(H,6,9)(H,7,8). The molecule has 9 heavy (non-hydrogen) atoms. The maximum absolute atomic E-state index is 10.4. The van der Waals surface area contributed by atoms with Gasteiger partial charge in [0.25, 0.3) is 0 Å². The Morgan fingerprint density at radius 3 is 2.33 bits per heavy atom. The summed E-state index contributed by atoms with van der Waals surface area (Å²) in [4.78, 5) is 20.6. The van der Waals surface area contributed by atoms with Gasteiger partial charge in [0, 0.05) is 14.0 Å². The molecule has 4 nitrogen and oxygen atoms in total. The summed E-state index contributed by atoms with van der Waals surface area (Å²) < 4.78 is 0. The van der Waals surface area contributed by atoms with Crippen molar-refractivity contribution in [2.75, 3.05) is 13.6 Å². The largest absolute Gasteiger partial charge is 0.358 e. The fourth-order valence-corrected chi connectivity index (χ4v) is 0.293. The number of hydrogen-bond donors (Lipinski definition) is 2. The van der Waals surface area contributed by atoms with Crippen LogP contribution >= 0.6 is 0 Å². The monoisotopic (exact) mass is 130 g/mol. The van der Waals surface area contributed by atoms with Crippen molar-refractivity contribution in [3.05, 3.63) is 0 Å². The molecule has 0 aliphatic heterocycles. The second kappa shape index (κ2) is 3.88. The number of rotatable bonds is 2. The van der Waals surface area contributed by atoms with Gasteiger partial charge in [-0.25, -0.2) is 0 Å². The highest BCUT2D eigenvalue weighted by molar-refractivity contribution is 5.83. The maximum atomic E-state index is 10.4. The van der Waals surface area contributed by atoms with E-state index in [4.69, 9.17) is 0 Å². The summed E-state index contributed by atoms with van der Waals surface area (Å²) in [7, 11) is 1.52. The summed E-state index contributed by atoms with van der Waals surface area (Å²) in [6.07, 6.45) is 0. The van der Waals surface area contributed by atoms with Crippen LogP contribution in [0.25, 0.3) is 0 Å². The number of amides is 2. The fourth-order valence-electron chi connectivity index (χ4n) is 0.293. The molecule has 52 valence electrons. The predicted molar refractivity (Wildman–Crippen MR) is 32.8 cm³/mol. The predicted octanol–water partition coefficient (Wildman–Crippen LogP) is -1.13. The Hall–Kier alpha value is -1.06. The first-order chi connectivity index (χ1) is 4.16. The molecule has 0 spiro atoms. The Labute approximate surface area is 53.6 Å². The highest BCUT2D eigenvalue weighted by Crippen LogP contribution is 1.61. The van der Waals surface area contributed by atoms with Crippen LogP contribution in [-0.4, -0.2) is 25.4 Å². The molecule has 0 aromatic rings. The zero-order chi connectivity index (χ0) is 7.28. The molecule has 0 fully saturated rings. The number of carbonyl (C=O) groups is 2. The van der Waals surface area contributed by atoms with Crippen LogP contribution in [-0.2, 0) is 9.59 Å². The first kappa shape index (κ1) is 7.94. The van der Waals surface area contributed by atoms with Crippen molar-refractivity contribution in [3.63, 3.8) is 0 Å². The van der Waals surface area contributed by atoms with Crippen molar-refractivity contribution >= 4 is 11.8 Å². The molecule has 0 atom stereocenters. The van der Waals surface area contributed by atoms with Gasteiger partial charge in [0.1, 0.15) is 0 Å². The summed E-state index contributed by atoms with van der Waals surface area (Å²) in [5.41, 5.74) is 0. The SMILES string of the molecule is CNC(=O)CNC(C)=O. The van der Waals surface area contributed by atoms with Gasteiger partial charge >= 0.3 is 0 Å². The molecule has 0 radical (unpaired) electrons. The lowest BCUT2D eigenvalue weighted by Crippen LogP contribution is -2.33. The molecule has 0 aliphatic rings. The van der Waals surface area contributed by atoms with Gasteiger partial charge in [0.05, 0.1) is 6.54 Å². The third-order valence-electron chi connectivity index (χ3n) is 0.777. The van der Waals surface area contributed by atoms with Crippen LogP contribution in [0.1, 0.15) is 6.92 Å². The average Bonchev–Trinajstić information content (AvgIpc) is 1.83. The van der Waals surface area contributed by atoms with Gasteiger partial charge in [-0.1, -0.05) is 0 Å². The van der Waals surface area contributed by atoms with E-state index in [-0.39, 0.29) is 18.4 Å². The van der Waals surface area contributed by atoms with Gasteiger partial charge in [-0.2, -0.15) is 0 Å². The lowest BCUT2D eigenvalue weighted by Gasteiger charge is -1.98. The van der Waals surface area contributed by atoms with Crippen LogP contribution in [0.2, 0.25) is 0 Å². The molecule has 0 aliphatic carbocycles. The van der Waals surface area contributed by atoms with Crippen molar-refractivity contribution < 1.29 is 9.59 Å². The molecular weight excluding hydrogens is 120 g/mol. The molecule has 0 aromatic heterocycles. The number of nitrogens with one attached hydrogen (secondary N) is 2. The van der Waals surface area contributed by atoms with E-state index in [0.29, 0.717) is 0 Å². The summed E-state index contributed by atoms with van der Waals surface area (Å²) >= 11 is 0. The summed E-state index contributed by atoms with van der Waals surface area (Å²) in [5.74, 6) is -0.385. The summed E-state index contributed by atoms with van der Waals surface area (Å²) in [6.45, 7) is 1.43. The van der Waals surface area contributed by atoms with Crippen LogP contribution in [0.5, 0.6) is 0 Å². The number of hydrogen-bond acceptors (Lipinski definition) is 2. The highest BCUT2D eigenvalue weighted by Gasteiger charge is 1.95. The van der Waals surface area contributed by atoms with Gasteiger partial charge in [0.2, 0.25) is 11.8 Å². The molecule has 0 aromatic carbocycles. The van der Waals surface area contributed by atoms with Gasteiger partial charge in [-0.3, -0.25) is 9.59 Å². The molecule has 0 bridgehead atoms. The first-order valence-electron chi connectivity index (χ1n) is 2.62. The first-order valence-corrected chi connectivity index (χ1v) is 2.62. The van der Waals surface area contributed by atoms with E-state index >= 15 is 0 Å². The molecule has 0 heterocycles. The summed E-state index contributed by atoms with van der Waals surface area (Å²) in [5, 5.41) is 4.71. The van der Waals surface area contributed by atoms with E-state index in [9.17, 15) is 9.59 Å². The minimum atomic E-state index is -0.196. The molecule has 0 saturated heterocycles. The van der Waals surface area contributed by atoms with Gasteiger partial charge in [-0.15, -0.1) is 0 Å². The summed E-state index contributed by atoms with van der Waals surface area (Å²) in [6, 6.07) is 0. The topological polar surface area (TPSA) is 58.2 Å². The lowest BCUT2D eigenvalue weighted by molar-refractivity contribution is -0.124. The molecule has 0 unspecified atom stereocenters. The third kappa shape index (κ3) is 4.80. The second-order valence-electron chi connectivity index (χ2n) is 1.58. The van der Waals surface area contributed by atoms with Crippen LogP contribution in [0.15, 0.2) is 0 Å². The third-order valence-corrected chi connectivity index (χ3v) is 0.777. The van der Waals surface area contributed by atoms with Gasteiger partial charge < -0.3 is 10.6 Å². The molecule has 0 rings (SSSR count).